The highest BCUT2D eigenvalue weighted by atomic mass is 32.2. The Labute approximate surface area is 107 Å². The molecule has 1 aliphatic rings. The van der Waals surface area contributed by atoms with Crippen LogP contribution in [0.1, 0.15) is 13.3 Å². The van der Waals surface area contributed by atoms with E-state index < -0.39 is 5.60 Å². The number of carbonyl (C=O) groups excluding carboxylic acids is 1. The van der Waals surface area contributed by atoms with E-state index in [0.717, 1.165) is 6.54 Å². The van der Waals surface area contributed by atoms with Crippen LogP contribution in [0.5, 0.6) is 0 Å². The van der Waals surface area contributed by atoms with Gasteiger partial charge in [-0.05, 0) is 13.2 Å². The van der Waals surface area contributed by atoms with E-state index in [4.69, 9.17) is 4.74 Å². The van der Waals surface area contributed by atoms with Gasteiger partial charge >= 0.3 is 0 Å². The van der Waals surface area contributed by atoms with Crippen molar-refractivity contribution in [3.05, 3.63) is 0 Å². The predicted octanol–water partition coefficient (Wildman–Crippen LogP) is -0.405. The lowest BCUT2D eigenvalue weighted by atomic mass is 10.1. The van der Waals surface area contributed by atoms with Gasteiger partial charge in [-0.3, -0.25) is 4.79 Å². The molecule has 1 amide bonds. The molecular formula is C11H22N2O3S. The molecule has 2 atom stereocenters. The summed E-state index contributed by atoms with van der Waals surface area (Å²) in [6, 6.07) is 0.0919. The van der Waals surface area contributed by atoms with Crippen LogP contribution in [-0.2, 0) is 9.53 Å². The molecule has 6 heteroatoms. The molecule has 100 valence electrons. The van der Waals surface area contributed by atoms with E-state index in [1.165, 1.54) is 0 Å². The number of carbonyl (C=O) groups is 1. The van der Waals surface area contributed by atoms with Crippen LogP contribution in [-0.4, -0.2) is 61.0 Å². The summed E-state index contributed by atoms with van der Waals surface area (Å²) >= 11 is 1.56. The summed E-state index contributed by atoms with van der Waals surface area (Å²) in [6.07, 6.45) is 2.33. The van der Waals surface area contributed by atoms with E-state index in [9.17, 15) is 9.90 Å². The first-order valence-corrected chi connectivity index (χ1v) is 7.22. The molecule has 1 saturated heterocycles. The van der Waals surface area contributed by atoms with Gasteiger partial charge < -0.3 is 20.5 Å². The van der Waals surface area contributed by atoms with E-state index in [1.807, 2.05) is 6.26 Å². The summed E-state index contributed by atoms with van der Waals surface area (Å²) in [4.78, 5) is 11.6. The third kappa shape index (κ3) is 6.26. The van der Waals surface area contributed by atoms with E-state index in [-0.39, 0.29) is 11.9 Å². The summed E-state index contributed by atoms with van der Waals surface area (Å²) in [7, 11) is 0. The van der Waals surface area contributed by atoms with Gasteiger partial charge in [0.2, 0.25) is 5.91 Å². The molecule has 17 heavy (non-hydrogen) atoms. The first-order valence-electron chi connectivity index (χ1n) is 5.82. The largest absolute Gasteiger partial charge is 0.387 e. The first-order chi connectivity index (χ1) is 8.03. The minimum Gasteiger partial charge on any atom is -0.387 e. The molecule has 1 rings (SSSR count). The van der Waals surface area contributed by atoms with Crippen LogP contribution in [0.25, 0.3) is 0 Å². The minimum atomic E-state index is -0.842. The molecule has 0 radical (unpaired) electrons. The van der Waals surface area contributed by atoms with Crippen molar-refractivity contribution in [2.75, 3.05) is 38.3 Å². The second-order valence-electron chi connectivity index (χ2n) is 4.64. The van der Waals surface area contributed by atoms with E-state index in [2.05, 4.69) is 10.6 Å². The van der Waals surface area contributed by atoms with Crippen LogP contribution in [0.15, 0.2) is 0 Å². The van der Waals surface area contributed by atoms with Crippen molar-refractivity contribution in [1.29, 1.82) is 0 Å². The number of rotatable bonds is 6. The topological polar surface area (TPSA) is 70.6 Å². The molecule has 0 aromatic heterocycles. The number of amides is 1. The molecule has 0 spiro atoms. The Balaban J connectivity index is 2.20. The normalized spacial score (nSPS) is 24.1. The summed E-state index contributed by atoms with van der Waals surface area (Å²) in [5, 5.41) is 15.9. The van der Waals surface area contributed by atoms with E-state index >= 15 is 0 Å². The van der Waals surface area contributed by atoms with Gasteiger partial charge in [0.1, 0.15) is 0 Å². The van der Waals surface area contributed by atoms with Crippen LogP contribution in [0.2, 0.25) is 0 Å². The Morgan fingerprint density at radius 1 is 1.71 bits per heavy atom. The van der Waals surface area contributed by atoms with Gasteiger partial charge in [-0.25, -0.2) is 0 Å². The lowest BCUT2D eigenvalue weighted by Crippen LogP contribution is -2.47. The highest BCUT2D eigenvalue weighted by molar-refractivity contribution is 7.98. The van der Waals surface area contributed by atoms with Crippen molar-refractivity contribution in [1.82, 2.24) is 10.6 Å². The van der Waals surface area contributed by atoms with Crippen LogP contribution < -0.4 is 10.6 Å². The summed E-state index contributed by atoms with van der Waals surface area (Å²) in [5.41, 5.74) is -0.842. The zero-order valence-corrected chi connectivity index (χ0v) is 11.3. The van der Waals surface area contributed by atoms with E-state index in [1.54, 1.807) is 18.7 Å². The second-order valence-corrected chi connectivity index (χ2v) is 5.50. The number of hydrogen-bond acceptors (Lipinski definition) is 5. The highest BCUT2D eigenvalue weighted by Gasteiger charge is 2.22. The highest BCUT2D eigenvalue weighted by Crippen LogP contribution is 2.09. The standard InChI is InChI=1S/C11H22N2O3S/c1-11(15,8-17-2)7-13-10(14)5-9-6-16-4-3-12-9/h9,12,15H,3-8H2,1-2H3,(H,13,14). The monoisotopic (exact) mass is 262 g/mol. The molecule has 0 bridgehead atoms. The summed E-state index contributed by atoms with van der Waals surface area (Å²) < 4.78 is 5.27. The minimum absolute atomic E-state index is 0.0469. The SMILES string of the molecule is CSCC(C)(O)CNC(=O)CC1COCCN1. The number of ether oxygens (including phenoxy) is 1. The maximum Gasteiger partial charge on any atom is 0.221 e. The van der Waals surface area contributed by atoms with Crippen molar-refractivity contribution in [2.45, 2.75) is 25.0 Å². The molecule has 1 heterocycles. The van der Waals surface area contributed by atoms with Gasteiger partial charge in [0, 0.05) is 31.3 Å². The molecule has 1 fully saturated rings. The third-order valence-electron chi connectivity index (χ3n) is 2.55. The van der Waals surface area contributed by atoms with E-state index in [0.29, 0.717) is 31.9 Å². The van der Waals surface area contributed by atoms with Crippen molar-refractivity contribution in [3.8, 4) is 0 Å². The van der Waals surface area contributed by atoms with Crippen LogP contribution in [0, 0.1) is 0 Å². The molecule has 0 saturated carbocycles. The summed E-state index contributed by atoms with van der Waals surface area (Å²) in [6.45, 7) is 4.10. The predicted molar refractivity (Wildman–Crippen MR) is 69.2 cm³/mol. The fourth-order valence-corrected chi connectivity index (χ4v) is 2.42. The Bertz CT molecular complexity index is 243. The smallest absolute Gasteiger partial charge is 0.221 e. The number of morpholine rings is 1. The van der Waals surface area contributed by atoms with Crippen LogP contribution in [0.3, 0.4) is 0 Å². The van der Waals surface area contributed by atoms with Gasteiger partial charge in [0.05, 0.1) is 18.8 Å². The van der Waals surface area contributed by atoms with Crippen molar-refractivity contribution < 1.29 is 14.6 Å². The number of hydrogen-bond donors (Lipinski definition) is 3. The van der Waals surface area contributed by atoms with Gasteiger partial charge in [-0.15, -0.1) is 0 Å². The Morgan fingerprint density at radius 2 is 2.47 bits per heavy atom. The van der Waals surface area contributed by atoms with Crippen molar-refractivity contribution >= 4 is 17.7 Å². The first kappa shape index (κ1) is 14.8. The van der Waals surface area contributed by atoms with Gasteiger partial charge in [-0.2, -0.15) is 11.8 Å². The average Bonchev–Trinajstić information content (AvgIpc) is 2.28. The average molecular weight is 262 g/mol. The quantitative estimate of drug-likeness (QED) is 0.607. The Kier molecular flexibility index (Phi) is 6.26. The van der Waals surface area contributed by atoms with Crippen molar-refractivity contribution in [3.63, 3.8) is 0 Å². The molecular weight excluding hydrogens is 240 g/mol. The van der Waals surface area contributed by atoms with Gasteiger partial charge in [-0.1, -0.05) is 0 Å². The fourth-order valence-electron chi connectivity index (χ4n) is 1.70. The van der Waals surface area contributed by atoms with Crippen molar-refractivity contribution in [2.24, 2.45) is 0 Å². The van der Waals surface area contributed by atoms with Gasteiger partial charge in [0.25, 0.3) is 0 Å². The summed E-state index contributed by atoms with van der Waals surface area (Å²) in [5.74, 6) is 0.562. The molecule has 0 aliphatic carbocycles. The number of thioether (sulfide) groups is 1. The lowest BCUT2D eigenvalue weighted by Gasteiger charge is -2.25. The zero-order valence-electron chi connectivity index (χ0n) is 10.5. The zero-order chi connectivity index (χ0) is 12.7. The number of aliphatic hydroxyl groups is 1. The Hall–Kier alpha value is -0.300. The third-order valence-corrected chi connectivity index (χ3v) is 3.46. The lowest BCUT2D eigenvalue weighted by molar-refractivity contribution is -0.123. The molecule has 0 aromatic rings. The maximum absolute atomic E-state index is 11.6. The van der Waals surface area contributed by atoms with Crippen LogP contribution in [0.4, 0.5) is 0 Å². The maximum atomic E-state index is 11.6. The molecule has 1 aliphatic heterocycles. The second kappa shape index (κ2) is 7.20. The van der Waals surface area contributed by atoms with Crippen LogP contribution >= 0.6 is 11.8 Å². The molecule has 5 nitrogen and oxygen atoms in total. The fraction of sp³-hybridized carbons (Fsp3) is 0.909. The number of nitrogens with one attached hydrogen (secondary N) is 2. The Morgan fingerprint density at radius 3 is 3.06 bits per heavy atom. The molecule has 0 aromatic carbocycles. The van der Waals surface area contributed by atoms with Gasteiger partial charge in [0.15, 0.2) is 0 Å². The molecule has 2 unspecified atom stereocenters. The molecule has 3 N–H and O–H groups in total.